The summed E-state index contributed by atoms with van der Waals surface area (Å²) in [6, 6.07) is 16.0. The molecule has 0 saturated carbocycles. The summed E-state index contributed by atoms with van der Waals surface area (Å²) in [4.78, 5) is 27.9. The monoisotopic (exact) mass is 585 g/mol. The number of hydrogen-bond donors (Lipinski definition) is 3. The number of amides is 2. The van der Waals surface area contributed by atoms with Crippen molar-refractivity contribution in [3.05, 3.63) is 81.6 Å². The highest BCUT2D eigenvalue weighted by Crippen LogP contribution is 2.25. The highest BCUT2D eigenvalue weighted by molar-refractivity contribution is 7.92. The topological polar surface area (TPSA) is 113 Å². The van der Waals surface area contributed by atoms with E-state index in [1.807, 2.05) is 29.0 Å². The van der Waals surface area contributed by atoms with E-state index < -0.39 is 16.1 Å². The second-order valence-electron chi connectivity index (χ2n) is 9.29. The molecular weight excluding hydrogens is 558 g/mol. The molecule has 2 aromatic carbocycles. The zero-order valence-corrected chi connectivity index (χ0v) is 23.4. The lowest BCUT2D eigenvalue weighted by Gasteiger charge is -2.26. The fraction of sp³-hybridized carbons (Fsp3) is 0.259. The van der Waals surface area contributed by atoms with Gasteiger partial charge in [-0.15, -0.1) is 11.3 Å². The molecular formula is C27H28ClN5O4S2. The maximum absolute atomic E-state index is 13.2. The number of likely N-dealkylation sites (tertiary alicyclic amines) is 1. The van der Waals surface area contributed by atoms with E-state index in [0.29, 0.717) is 21.1 Å². The molecule has 0 radical (unpaired) electrons. The first-order valence-corrected chi connectivity index (χ1v) is 15.3. The Bertz CT molecular complexity index is 1640. The number of nitrogens with one attached hydrogen (secondary N) is 3. The Labute approximate surface area is 235 Å². The Hall–Kier alpha value is -3.38. The summed E-state index contributed by atoms with van der Waals surface area (Å²) in [5.41, 5.74) is 1.79. The van der Waals surface area contributed by atoms with Gasteiger partial charge in [-0.25, -0.2) is 17.9 Å². The number of halogens is 1. The van der Waals surface area contributed by atoms with Gasteiger partial charge in [-0.3, -0.25) is 9.36 Å². The molecule has 2 amide bonds. The Morgan fingerprint density at radius 3 is 2.41 bits per heavy atom. The lowest BCUT2D eigenvalue weighted by Crippen LogP contribution is -2.33. The van der Waals surface area contributed by atoms with Crippen molar-refractivity contribution in [2.75, 3.05) is 36.8 Å². The third kappa shape index (κ3) is 6.62. The minimum Gasteiger partial charge on any atom is -0.384 e. The molecule has 204 valence electrons. The molecule has 0 atom stereocenters. The lowest BCUT2D eigenvalue weighted by molar-refractivity contribution is 0.237. The second-order valence-corrected chi connectivity index (χ2v) is 12.9. The predicted molar refractivity (Wildman–Crippen MR) is 157 cm³/mol. The van der Waals surface area contributed by atoms with Gasteiger partial charge in [0.05, 0.1) is 4.34 Å². The number of thiophene rings is 1. The first kappa shape index (κ1) is 27.2. The van der Waals surface area contributed by atoms with Crippen LogP contribution in [0.15, 0.2) is 75.9 Å². The number of aromatic nitrogens is 1. The van der Waals surface area contributed by atoms with Gasteiger partial charge in [0, 0.05) is 41.7 Å². The van der Waals surface area contributed by atoms with E-state index in [9.17, 15) is 18.0 Å². The van der Waals surface area contributed by atoms with Gasteiger partial charge in [-0.1, -0.05) is 18.0 Å². The largest absolute Gasteiger partial charge is 0.384 e. The van der Waals surface area contributed by atoms with E-state index in [-0.39, 0.29) is 9.77 Å². The number of carbonyl (C=O) groups is 1. The van der Waals surface area contributed by atoms with Crippen molar-refractivity contribution in [1.82, 2.24) is 14.2 Å². The Morgan fingerprint density at radius 1 is 0.949 bits per heavy atom. The highest BCUT2D eigenvalue weighted by atomic mass is 35.5. The maximum atomic E-state index is 13.2. The number of pyridine rings is 1. The SMILES string of the molecule is O=C(Nc1ccc(-n2ccc3cc(NCCN4CCCCC4)ccc3c2=O)cc1)NS(=O)(=O)c1ccc(Cl)s1. The number of piperidine rings is 1. The zero-order chi connectivity index (χ0) is 27.4. The van der Waals surface area contributed by atoms with Crippen LogP contribution in [0.2, 0.25) is 4.34 Å². The molecule has 0 spiro atoms. The average molecular weight is 586 g/mol. The molecule has 3 heterocycles. The molecule has 5 rings (SSSR count). The Kier molecular flexibility index (Phi) is 8.22. The van der Waals surface area contributed by atoms with Gasteiger partial charge >= 0.3 is 6.03 Å². The van der Waals surface area contributed by atoms with Gasteiger partial charge in [0.25, 0.3) is 15.6 Å². The summed E-state index contributed by atoms with van der Waals surface area (Å²) in [5, 5.41) is 7.40. The summed E-state index contributed by atoms with van der Waals surface area (Å²) in [6.45, 7) is 4.19. The molecule has 1 saturated heterocycles. The molecule has 2 aromatic heterocycles. The second kappa shape index (κ2) is 11.8. The number of benzene rings is 2. The standard InChI is InChI=1S/C27H28ClN5O4S2/c28-24-10-11-25(38-24)39(36,37)31-27(35)30-20-4-7-22(8-5-20)33-16-12-19-18-21(6-9-23(19)26(33)34)29-13-17-32-14-2-1-3-15-32/h4-12,16,18,29H,1-3,13-15,17H2,(H2,30,31,35). The normalized spacial score (nSPS) is 14.3. The van der Waals surface area contributed by atoms with Crippen LogP contribution in [0.5, 0.6) is 0 Å². The van der Waals surface area contributed by atoms with E-state index in [1.54, 1.807) is 30.5 Å². The number of rotatable bonds is 8. The van der Waals surface area contributed by atoms with Crippen LogP contribution in [0, 0.1) is 0 Å². The van der Waals surface area contributed by atoms with Crippen molar-refractivity contribution >= 4 is 61.1 Å². The molecule has 39 heavy (non-hydrogen) atoms. The predicted octanol–water partition coefficient (Wildman–Crippen LogP) is 5.11. The number of sulfonamides is 1. The molecule has 9 nitrogen and oxygen atoms in total. The van der Waals surface area contributed by atoms with Gasteiger partial charge in [-0.05, 0) is 92.0 Å². The third-order valence-electron chi connectivity index (χ3n) is 6.55. The average Bonchev–Trinajstić information content (AvgIpc) is 3.37. The van der Waals surface area contributed by atoms with Crippen molar-refractivity contribution in [2.45, 2.75) is 23.5 Å². The number of nitrogens with zero attached hydrogens (tertiary/aromatic N) is 2. The number of anilines is 2. The summed E-state index contributed by atoms with van der Waals surface area (Å²) < 4.78 is 28.3. The lowest BCUT2D eigenvalue weighted by atomic mass is 10.1. The van der Waals surface area contributed by atoms with Crippen molar-refractivity contribution in [2.24, 2.45) is 0 Å². The fourth-order valence-corrected chi connectivity index (χ4v) is 6.97. The molecule has 0 aliphatic carbocycles. The van der Waals surface area contributed by atoms with Gasteiger partial charge < -0.3 is 15.5 Å². The number of hydrogen-bond acceptors (Lipinski definition) is 7. The van der Waals surface area contributed by atoms with Crippen LogP contribution in [0.25, 0.3) is 16.5 Å². The number of urea groups is 1. The van der Waals surface area contributed by atoms with Crippen molar-refractivity contribution in [1.29, 1.82) is 0 Å². The number of carbonyl (C=O) groups excluding carboxylic acids is 1. The summed E-state index contributed by atoms with van der Waals surface area (Å²) in [5.74, 6) is 0. The maximum Gasteiger partial charge on any atom is 0.333 e. The molecule has 3 N–H and O–H groups in total. The molecule has 1 aliphatic rings. The van der Waals surface area contributed by atoms with Gasteiger partial charge in [0.15, 0.2) is 0 Å². The molecule has 12 heteroatoms. The van der Waals surface area contributed by atoms with Crippen LogP contribution in [-0.4, -0.2) is 50.1 Å². The van der Waals surface area contributed by atoms with E-state index in [1.165, 1.54) is 36.0 Å². The van der Waals surface area contributed by atoms with Crippen LogP contribution in [0.4, 0.5) is 16.2 Å². The highest BCUT2D eigenvalue weighted by Gasteiger charge is 2.20. The minimum atomic E-state index is -4.03. The molecule has 1 fully saturated rings. The molecule has 0 bridgehead atoms. The van der Waals surface area contributed by atoms with Crippen molar-refractivity contribution < 1.29 is 13.2 Å². The van der Waals surface area contributed by atoms with Crippen LogP contribution in [0.1, 0.15) is 19.3 Å². The first-order valence-electron chi connectivity index (χ1n) is 12.6. The number of fused-ring (bicyclic) bond motifs is 1. The molecule has 1 aliphatic heterocycles. The summed E-state index contributed by atoms with van der Waals surface area (Å²) in [7, 11) is -4.03. The Balaban J connectivity index is 1.23. The van der Waals surface area contributed by atoms with Crippen LogP contribution in [-0.2, 0) is 10.0 Å². The van der Waals surface area contributed by atoms with E-state index in [0.717, 1.165) is 48.6 Å². The smallest absolute Gasteiger partial charge is 0.333 e. The van der Waals surface area contributed by atoms with E-state index in [2.05, 4.69) is 15.5 Å². The molecule has 0 unspecified atom stereocenters. The quantitative estimate of drug-likeness (QED) is 0.265. The fourth-order valence-electron chi connectivity index (χ4n) is 4.58. The third-order valence-corrected chi connectivity index (χ3v) is 9.61. The summed E-state index contributed by atoms with van der Waals surface area (Å²) >= 11 is 6.64. The molecule has 4 aromatic rings. The van der Waals surface area contributed by atoms with Crippen LogP contribution >= 0.6 is 22.9 Å². The van der Waals surface area contributed by atoms with E-state index in [4.69, 9.17) is 11.6 Å². The minimum absolute atomic E-state index is 0.0611. The van der Waals surface area contributed by atoms with E-state index >= 15 is 0 Å². The van der Waals surface area contributed by atoms with Gasteiger partial charge in [-0.2, -0.15) is 0 Å². The van der Waals surface area contributed by atoms with Gasteiger partial charge in [0.1, 0.15) is 4.21 Å². The van der Waals surface area contributed by atoms with Gasteiger partial charge in [0.2, 0.25) is 0 Å². The van der Waals surface area contributed by atoms with Crippen molar-refractivity contribution in [3.8, 4) is 5.69 Å². The van der Waals surface area contributed by atoms with Crippen LogP contribution in [0.3, 0.4) is 0 Å². The first-order chi connectivity index (χ1) is 18.8. The van der Waals surface area contributed by atoms with Crippen molar-refractivity contribution in [3.63, 3.8) is 0 Å². The van der Waals surface area contributed by atoms with Crippen LogP contribution < -0.4 is 20.9 Å². The Morgan fingerprint density at radius 2 is 1.69 bits per heavy atom. The summed E-state index contributed by atoms with van der Waals surface area (Å²) in [6.07, 6.45) is 5.58. The zero-order valence-electron chi connectivity index (χ0n) is 21.0.